The Bertz CT molecular complexity index is 1640. The molecule has 2 amide bonds. The first kappa shape index (κ1) is 29.0. The van der Waals surface area contributed by atoms with Crippen LogP contribution in [-0.2, 0) is 5.41 Å². The summed E-state index contributed by atoms with van der Waals surface area (Å²) in [4.78, 5) is 27.4. The second-order valence-electron chi connectivity index (χ2n) is 12.3. The smallest absolute Gasteiger partial charge is 0.325 e. The Morgan fingerprint density at radius 3 is 2.55 bits per heavy atom. The molecule has 11 heteroatoms. The van der Waals surface area contributed by atoms with Gasteiger partial charge in [-0.3, -0.25) is 5.32 Å². The molecule has 2 aromatic carbocycles. The SMILES string of the molecule is COc1ccc(Cl)c2c1N(c1ccccc1NC(=O)Nc1nc3ccc(Cl)nc3s1)CC21CCN(CC(C)(C)C)CC1. The fourth-order valence-corrected chi connectivity index (χ4v) is 7.67. The first-order valence-corrected chi connectivity index (χ1v) is 15.6. The molecule has 8 nitrogen and oxygen atoms in total. The maximum Gasteiger partial charge on any atom is 0.325 e. The molecule has 2 N–H and O–H groups in total. The molecule has 2 aliphatic rings. The number of carbonyl (C=O) groups excluding carboxylic acids is 1. The molecule has 0 aliphatic carbocycles. The summed E-state index contributed by atoms with van der Waals surface area (Å²) in [5.41, 5.74) is 4.45. The van der Waals surface area contributed by atoms with Crippen molar-refractivity contribution in [1.82, 2.24) is 14.9 Å². The first-order chi connectivity index (χ1) is 20.0. The maximum absolute atomic E-state index is 13.2. The number of urea groups is 1. The van der Waals surface area contributed by atoms with E-state index in [-0.39, 0.29) is 10.8 Å². The summed E-state index contributed by atoms with van der Waals surface area (Å²) in [6, 6.07) is 14.8. The average Bonchev–Trinajstić information content (AvgIpc) is 3.48. The molecule has 0 unspecified atom stereocenters. The Labute approximate surface area is 260 Å². The van der Waals surface area contributed by atoms with E-state index in [9.17, 15) is 4.79 Å². The minimum atomic E-state index is -0.393. The van der Waals surface area contributed by atoms with Gasteiger partial charge in [0, 0.05) is 29.1 Å². The number of anilines is 4. The average molecular weight is 626 g/mol. The molecule has 0 bridgehead atoms. The van der Waals surface area contributed by atoms with E-state index in [1.165, 1.54) is 11.3 Å². The molecule has 220 valence electrons. The number of halogens is 2. The quantitative estimate of drug-likeness (QED) is 0.218. The number of pyridine rings is 1. The van der Waals surface area contributed by atoms with Crippen molar-refractivity contribution in [1.29, 1.82) is 0 Å². The van der Waals surface area contributed by atoms with Gasteiger partial charge in [0.2, 0.25) is 0 Å². The van der Waals surface area contributed by atoms with Crippen molar-refractivity contribution in [2.45, 2.75) is 39.0 Å². The van der Waals surface area contributed by atoms with Crippen LogP contribution in [0.15, 0.2) is 48.5 Å². The lowest BCUT2D eigenvalue weighted by Crippen LogP contribution is -2.47. The highest BCUT2D eigenvalue weighted by Crippen LogP contribution is 2.56. The van der Waals surface area contributed by atoms with E-state index >= 15 is 0 Å². The molecule has 1 spiro atoms. The van der Waals surface area contributed by atoms with Crippen LogP contribution in [0.4, 0.5) is 27.0 Å². The summed E-state index contributed by atoms with van der Waals surface area (Å²) in [5, 5.41) is 7.48. The van der Waals surface area contributed by atoms with Gasteiger partial charge in [-0.15, -0.1) is 0 Å². The number of thiazole rings is 1. The predicted molar refractivity (Wildman–Crippen MR) is 173 cm³/mol. The third-order valence-electron chi connectivity index (χ3n) is 7.97. The number of likely N-dealkylation sites (tertiary alicyclic amines) is 1. The van der Waals surface area contributed by atoms with Crippen LogP contribution in [0.5, 0.6) is 5.75 Å². The van der Waals surface area contributed by atoms with Crippen molar-refractivity contribution in [2.75, 3.05) is 48.8 Å². The number of piperidine rings is 1. The third kappa shape index (κ3) is 5.63. The topological polar surface area (TPSA) is 82.6 Å². The molecule has 0 saturated carbocycles. The number of methoxy groups -OCH3 is 1. The molecule has 4 heterocycles. The minimum absolute atomic E-state index is 0.125. The third-order valence-corrected chi connectivity index (χ3v) is 9.37. The van der Waals surface area contributed by atoms with Crippen LogP contribution in [-0.4, -0.2) is 54.2 Å². The molecule has 2 aliphatic heterocycles. The van der Waals surface area contributed by atoms with Gasteiger partial charge in [0.05, 0.1) is 24.2 Å². The Balaban J connectivity index is 1.30. The van der Waals surface area contributed by atoms with E-state index in [0.717, 1.165) is 66.7 Å². The molecule has 0 atom stereocenters. The predicted octanol–water partition coefficient (Wildman–Crippen LogP) is 8.18. The van der Waals surface area contributed by atoms with E-state index in [4.69, 9.17) is 27.9 Å². The van der Waals surface area contributed by atoms with Crippen LogP contribution in [0.25, 0.3) is 10.3 Å². The molecule has 1 saturated heterocycles. The zero-order valence-corrected chi connectivity index (χ0v) is 26.5. The van der Waals surface area contributed by atoms with Crippen molar-refractivity contribution in [2.24, 2.45) is 5.41 Å². The van der Waals surface area contributed by atoms with Gasteiger partial charge in [-0.1, -0.05) is 67.4 Å². The number of nitrogens with one attached hydrogen (secondary N) is 2. The molecule has 0 radical (unpaired) electrons. The van der Waals surface area contributed by atoms with Crippen molar-refractivity contribution >= 4 is 73.1 Å². The van der Waals surface area contributed by atoms with Gasteiger partial charge >= 0.3 is 6.03 Å². The van der Waals surface area contributed by atoms with Crippen LogP contribution in [0.1, 0.15) is 39.2 Å². The molecule has 4 aromatic rings. The summed E-state index contributed by atoms with van der Waals surface area (Å²) in [6.45, 7) is 10.7. The van der Waals surface area contributed by atoms with E-state index in [2.05, 4.69) is 51.2 Å². The van der Waals surface area contributed by atoms with E-state index in [1.54, 1.807) is 19.2 Å². The number of para-hydroxylation sites is 2. The van der Waals surface area contributed by atoms with Crippen molar-refractivity contribution in [3.8, 4) is 5.75 Å². The summed E-state index contributed by atoms with van der Waals surface area (Å²) in [5.74, 6) is 0.767. The van der Waals surface area contributed by atoms with Gasteiger partial charge < -0.3 is 19.9 Å². The van der Waals surface area contributed by atoms with Crippen LogP contribution >= 0.6 is 34.5 Å². The molecule has 1 fully saturated rings. The van der Waals surface area contributed by atoms with Gasteiger partial charge in [-0.2, -0.15) is 0 Å². The van der Waals surface area contributed by atoms with E-state index in [0.29, 0.717) is 26.3 Å². The van der Waals surface area contributed by atoms with Crippen LogP contribution in [0.3, 0.4) is 0 Å². The number of amides is 2. The van der Waals surface area contributed by atoms with Crippen LogP contribution < -0.4 is 20.3 Å². The minimum Gasteiger partial charge on any atom is -0.495 e. The largest absolute Gasteiger partial charge is 0.495 e. The van der Waals surface area contributed by atoms with Gasteiger partial charge in [0.15, 0.2) is 5.13 Å². The Morgan fingerprint density at radius 1 is 1.05 bits per heavy atom. The normalized spacial score (nSPS) is 16.6. The zero-order valence-electron chi connectivity index (χ0n) is 24.1. The number of carbonyl (C=O) groups is 1. The van der Waals surface area contributed by atoms with Gasteiger partial charge in [-0.05, 0) is 67.7 Å². The Hall–Kier alpha value is -3.11. The lowest BCUT2D eigenvalue weighted by Gasteiger charge is -2.42. The van der Waals surface area contributed by atoms with E-state index < -0.39 is 6.03 Å². The monoisotopic (exact) mass is 624 g/mol. The molecule has 6 rings (SSSR count). The number of ether oxygens (including phenoxy) is 1. The number of hydrogen-bond donors (Lipinski definition) is 2. The maximum atomic E-state index is 13.2. The van der Waals surface area contributed by atoms with Crippen molar-refractivity contribution < 1.29 is 9.53 Å². The second-order valence-corrected chi connectivity index (χ2v) is 14.0. The fourth-order valence-electron chi connectivity index (χ4n) is 6.28. The zero-order chi connectivity index (χ0) is 29.6. The van der Waals surface area contributed by atoms with Crippen molar-refractivity contribution in [3.05, 3.63) is 64.3 Å². The molecule has 42 heavy (non-hydrogen) atoms. The molecular formula is C31H34Cl2N6O2S. The number of rotatable bonds is 5. The Morgan fingerprint density at radius 2 is 1.81 bits per heavy atom. The summed E-state index contributed by atoms with van der Waals surface area (Å²) in [6.07, 6.45) is 1.98. The fraction of sp³-hybridized carbons (Fsp3) is 0.387. The van der Waals surface area contributed by atoms with Gasteiger partial charge in [0.25, 0.3) is 0 Å². The molecule has 2 aromatic heterocycles. The second kappa shape index (κ2) is 11.2. The highest BCUT2D eigenvalue weighted by Gasteiger charge is 2.48. The Kier molecular flexibility index (Phi) is 7.72. The summed E-state index contributed by atoms with van der Waals surface area (Å²) < 4.78 is 5.89. The van der Waals surface area contributed by atoms with Crippen LogP contribution in [0, 0.1) is 5.41 Å². The van der Waals surface area contributed by atoms with Gasteiger partial charge in [-0.25, -0.2) is 14.8 Å². The highest BCUT2D eigenvalue weighted by atomic mass is 35.5. The molecular weight excluding hydrogens is 591 g/mol. The number of fused-ring (bicyclic) bond motifs is 3. The number of nitrogens with zero attached hydrogens (tertiary/aromatic N) is 4. The lowest BCUT2D eigenvalue weighted by atomic mass is 9.74. The van der Waals surface area contributed by atoms with E-state index in [1.807, 2.05) is 36.4 Å². The highest BCUT2D eigenvalue weighted by molar-refractivity contribution is 7.22. The first-order valence-electron chi connectivity index (χ1n) is 14.0. The summed E-state index contributed by atoms with van der Waals surface area (Å²) >= 11 is 14.3. The number of benzene rings is 2. The number of hydrogen-bond acceptors (Lipinski definition) is 7. The van der Waals surface area contributed by atoms with Crippen LogP contribution in [0.2, 0.25) is 10.2 Å². The number of aromatic nitrogens is 2. The standard InChI is InChI=1S/C31H34Cl2N6O2S/c1-30(2,3)17-38-15-13-31(14-16-38)18-39(26-23(41-4)11-9-19(32)25(26)31)22-8-6-5-7-20(22)34-28(40)37-29-35-21-10-12-24(33)36-27(21)42-29/h5-12H,13-18H2,1-4H3,(H2,34,35,37,40). The van der Waals surface area contributed by atoms with Crippen molar-refractivity contribution in [3.63, 3.8) is 0 Å². The van der Waals surface area contributed by atoms with Gasteiger partial charge in [0.1, 0.15) is 21.2 Å². The lowest BCUT2D eigenvalue weighted by molar-refractivity contribution is 0.125. The summed E-state index contributed by atoms with van der Waals surface area (Å²) in [7, 11) is 1.69.